The van der Waals surface area contributed by atoms with Crippen LogP contribution < -0.4 is 5.32 Å². The van der Waals surface area contributed by atoms with Crippen LogP contribution in [0.2, 0.25) is 0 Å². The Balaban J connectivity index is 2.16. The van der Waals surface area contributed by atoms with Crippen molar-refractivity contribution in [3.05, 3.63) is 34.4 Å². The summed E-state index contributed by atoms with van der Waals surface area (Å²) in [4.78, 5) is 4.70. The molecule has 0 spiro atoms. The zero-order valence-electron chi connectivity index (χ0n) is 9.70. The van der Waals surface area contributed by atoms with Crippen molar-refractivity contribution in [1.82, 2.24) is 9.55 Å². The predicted molar refractivity (Wildman–Crippen MR) is 73.2 cm³/mol. The van der Waals surface area contributed by atoms with Crippen molar-refractivity contribution in [3.8, 4) is 11.3 Å². The molecule has 3 nitrogen and oxygen atoms in total. The molecule has 0 atom stereocenters. The van der Waals surface area contributed by atoms with Crippen LogP contribution in [0.4, 0.5) is 5.95 Å². The molecular formula is C13H14BrN3. The Morgan fingerprint density at radius 2 is 2.18 bits per heavy atom. The number of anilines is 1. The van der Waals surface area contributed by atoms with E-state index in [4.69, 9.17) is 4.98 Å². The van der Waals surface area contributed by atoms with Crippen molar-refractivity contribution in [2.75, 3.05) is 11.9 Å². The Kier molecular flexibility index (Phi) is 2.67. The molecule has 17 heavy (non-hydrogen) atoms. The van der Waals surface area contributed by atoms with Crippen molar-refractivity contribution in [2.24, 2.45) is 0 Å². The van der Waals surface area contributed by atoms with Gasteiger partial charge in [0.15, 0.2) is 0 Å². The van der Waals surface area contributed by atoms with E-state index in [1.807, 2.05) is 12.1 Å². The number of aromatic nitrogens is 2. The van der Waals surface area contributed by atoms with Crippen molar-refractivity contribution in [3.63, 3.8) is 0 Å². The van der Waals surface area contributed by atoms with Crippen molar-refractivity contribution >= 4 is 21.9 Å². The first-order chi connectivity index (χ1) is 8.27. The van der Waals surface area contributed by atoms with E-state index in [1.54, 1.807) is 0 Å². The maximum Gasteiger partial charge on any atom is 0.203 e. The summed E-state index contributed by atoms with van der Waals surface area (Å²) in [5.74, 6) is 1.000. The quantitative estimate of drug-likeness (QED) is 0.872. The number of benzene rings is 1. The van der Waals surface area contributed by atoms with Crippen molar-refractivity contribution in [1.29, 1.82) is 0 Å². The van der Waals surface area contributed by atoms with E-state index >= 15 is 0 Å². The minimum Gasteiger partial charge on any atom is -0.356 e. The van der Waals surface area contributed by atoms with Crippen LogP contribution in [0.5, 0.6) is 0 Å². The molecule has 1 aromatic carbocycles. The normalized spacial score (nSPS) is 14.2. The first-order valence-corrected chi connectivity index (χ1v) is 6.62. The maximum absolute atomic E-state index is 4.70. The fourth-order valence-corrected chi connectivity index (χ4v) is 2.76. The first kappa shape index (κ1) is 10.8. The summed E-state index contributed by atoms with van der Waals surface area (Å²) in [5, 5.41) is 3.35. The topological polar surface area (TPSA) is 29.9 Å². The van der Waals surface area contributed by atoms with E-state index in [-0.39, 0.29) is 0 Å². The zero-order chi connectivity index (χ0) is 11.8. The van der Waals surface area contributed by atoms with Crippen LogP contribution in [0.1, 0.15) is 12.1 Å². The summed E-state index contributed by atoms with van der Waals surface area (Å²) in [6.07, 6.45) is 1.17. The Bertz CT molecular complexity index is 560. The standard InChI is InChI=1S/C13H14BrN3/c1-9-12(10-5-2-3-6-11(10)14)16-13-15-7-4-8-17(9)13/h2-3,5-6H,4,7-8H2,1H3,(H,15,16). The van der Waals surface area contributed by atoms with Gasteiger partial charge < -0.3 is 9.88 Å². The monoisotopic (exact) mass is 291 g/mol. The van der Waals surface area contributed by atoms with Gasteiger partial charge in [-0.25, -0.2) is 4.98 Å². The second-order valence-electron chi connectivity index (χ2n) is 4.28. The lowest BCUT2D eigenvalue weighted by atomic mass is 10.1. The highest BCUT2D eigenvalue weighted by Gasteiger charge is 2.18. The molecule has 1 aliphatic heterocycles. The van der Waals surface area contributed by atoms with E-state index in [0.717, 1.165) is 34.8 Å². The van der Waals surface area contributed by atoms with Crippen molar-refractivity contribution < 1.29 is 0 Å². The molecule has 0 saturated heterocycles. The smallest absolute Gasteiger partial charge is 0.203 e. The number of halogens is 1. The third-order valence-corrected chi connectivity index (χ3v) is 3.88. The summed E-state index contributed by atoms with van der Waals surface area (Å²) < 4.78 is 3.36. The molecule has 3 rings (SSSR count). The summed E-state index contributed by atoms with van der Waals surface area (Å²) in [6.45, 7) is 4.22. The Labute approximate surface area is 109 Å². The van der Waals surface area contributed by atoms with Gasteiger partial charge in [-0.3, -0.25) is 0 Å². The molecule has 0 unspecified atom stereocenters. The number of fused-ring (bicyclic) bond motifs is 1. The molecule has 1 N–H and O–H groups in total. The molecule has 4 heteroatoms. The molecule has 0 fully saturated rings. The molecule has 2 aromatic rings. The van der Waals surface area contributed by atoms with E-state index in [9.17, 15) is 0 Å². The number of hydrogen-bond donors (Lipinski definition) is 1. The van der Waals surface area contributed by atoms with Gasteiger partial charge >= 0.3 is 0 Å². The molecular weight excluding hydrogens is 278 g/mol. The van der Waals surface area contributed by atoms with Crippen LogP contribution in [0.25, 0.3) is 11.3 Å². The van der Waals surface area contributed by atoms with Gasteiger partial charge in [0.2, 0.25) is 5.95 Å². The van der Waals surface area contributed by atoms with Gasteiger partial charge in [-0.2, -0.15) is 0 Å². The minimum absolute atomic E-state index is 1.000. The van der Waals surface area contributed by atoms with Crippen LogP contribution in [-0.2, 0) is 6.54 Å². The van der Waals surface area contributed by atoms with Crippen LogP contribution in [0.3, 0.4) is 0 Å². The average Bonchev–Trinajstić information content (AvgIpc) is 2.68. The fourth-order valence-electron chi connectivity index (χ4n) is 2.29. The molecule has 0 amide bonds. The Hall–Kier alpha value is -1.29. The average molecular weight is 292 g/mol. The number of hydrogen-bond acceptors (Lipinski definition) is 2. The van der Waals surface area contributed by atoms with E-state index in [1.165, 1.54) is 12.1 Å². The summed E-state index contributed by atoms with van der Waals surface area (Å²) in [7, 11) is 0. The second-order valence-corrected chi connectivity index (χ2v) is 5.14. The lowest BCUT2D eigenvalue weighted by molar-refractivity contribution is 0.615. The third-order valence-electron chi connectivity index (χ3n) is 3.19. The van der Waals surface area contributed by atoms with Gasteiger partial charge in [0.25, 0.3) is 0 Å². The number of nitrogens with one attached hydrogen (secondary N) is 1. The maximum atomic E-state index is 4.70. The fraction of sp³-hybridized carbons (Fsp3) is 0.308. The van der Waals surface area contributed by atoms with Gasteiger partial charge in [0.1, 0.15) is 0 Å². The second kappa shape index (κ2) is 4.18. The van der Waals surface area contributed by atoms with Gasteiger partial charge in [0, 0.05) is 28.8 Å². The van der Waals surface area contributed by atoms with E-state index in [0.29, 0.717) is 0 Å². The number of imidazole rings is 1. The van der Waals surface area contributed by atoms with Crippen molar-refractivity contribution in [2.45, 2.75) is 19.9 Å². The largest absolute Gasteiger partial charge is 0.356 e. The lowest BCUT2D eigenvalue weighted by Gasteiger charge is -2.16. The van der Waals surface area contributed by atoms with Crippen LogP contribution >= 0.6 is 15.9 Å². The molecule has 1 aliphatic rings. The van der Waals surface area contributed by atoms with Crippen LogP contribution in [-0.4, -0.2) is 16.1 Å². The zero-order valence-corrected chi connectivity index (χ0v) is 11.3. The molecule has 2 heterocycles. The third kappa shape index (κ3) is 1.76. The predicted octanol–water partition coefficient (Wildman–Crippen LogP) is 3.44. The van der Waals surface area contributed by atoms with Gasteiger partial charge in [-0.1, -0.05) is 34.1 Å². The highest BCUT2D eigenvalue weighted by Crippen LogP contribution is 2.32. The number of nitrogens with zero attached hydrogens (tertiary/aromatic N) is 2. The molecule has 0 radical (unpaired) electrons. The minimum atomic E-state index is 1.000. The highest BCUT2D eigenvalue weighted by molar-refractivity contribution is 9.10. The summed E-state index contributed by atoms with van der Waals surface area (Å²) in [5.41, 5.74) is 3.47. The lowest BCUT2D eigenvalue weighted by Crippen LogP contribution is -2.17. The molecule has 1 aromatic heterocycles. The summed E-state index contributed by atoms with van der Waals surface area (Å²) >= 11 is 3.59. The van der Waals surface area contributed by atoms with E-state index in [2.05, 4.69) is 44.9 Å². The van der Waals surface area contributed by atoms with Crippen LogP contribution in [0.15, 0.2) is 28.7 Å². The highest BCUT2D eigenvalue weighted by atomic mass is 79.9. The molecule has 0 aliphatic carbocycles. The van der Waals surface area contributed by atoms with Gasteiger partial charge in [-0.15, -0.1) is 0 Å². The summed E-state index contributed by atoms with van der Waals surface area (Å²) in [6, 6.07) is 8.23. The Morgan fingerprint density at radius 1 is 1.35 bits per heavy atom. The Morgan fingerprint density at radius 3 is 2.94 bits per heavy atom. The van der Waals surface area contributed by atoms with Gasteiger partial charge in [0.05, 0.1) is 5.69 Å². The SMILES string of the molecule is Cc1c(-c2ccccc2Br)nc2n1CCCN2. The molecule has 0 saturated carbocycles. The molecule has 0 bridgehead atoms. The van der Waals surface area contributed by atoms with Crippen LogP contribution in [0, 0.1) is 6.92 Å². The van der Waals surface area contributed by atoms with Gasteiger partial charge in [-0.05, 0) is 19.4 Å². The number of rotatable bonds is 1. The first-order valence-electron chi connectivity index (χ1n) is 5.83. The van der Waals surface area contributed by atoms with E-state index < -0.39 is 0 Å². The molecule has 88 valence electrons.